The molecule has 0 atom stereocenters. The number of benzene rings is 1. The molecule has 0 bridgehead atoms. The third kappa shape index (κ3) is 4.15. The minimum Gasteiger partial charge on any atom is -0.370 e. The van der Waals surface area contributed by atoms with Crippen LogP contribution in [0, 0.1) is 5.41 Å². The molecule has 22 heavy (non-hydrogen) atoms. The van der Waals surface area contributed by atoms with Gasteiger partial charge in [-0.1, -0.05) is 29.8 Å². The standard InChI is InChI=1S/C17H18ClN3O/c18-17-15(5-3-9-21-17)13-7-8-14(11-19)12(10-13)4-1-2-6-16(20)22/h3,5,7-11,19H,1-2,4,6H2,(H2,20,22). The molecule has 1 amide bonds. The van der Waals surface area contributed by atoms with Crippen molar-refractivity contribution < 1.29 is 4.79 Å². The zero-order chi connectivity index (χ0) is 15.9. The molecule has 0 aliphatic carbocycles. The highest BCUT2D eigenvalue weighted by Crippen LogP contribution is 2.28. The van der Waals surface area contributed by atoms with Crippen molar-refractivity contribution in [3.8, 4) is 11.1 Å². The van der Waals surface area contributed by atoms with Gasteiger partial charge in [0.2, 0.25) is 5.91 Å². The van der Waals surface area contributed by atoms with Crippen molar-refractivity contribution in [1.29, 1.82) is 5.41 Å². The van der Waals surface area contributed by atoms with E-state index in [-0.39, 0.29) is 5.91 Å². The number of aryl methyl sites for hydroxylation is 1. The Labute approximate surface area is 134 Å². The number of nitrogens with one attached hydrogen (secondary N) is 1. The molecule has 1 heterocycles. The van der Waals surface area contributed by atoms with Crippen LogP contribution >= 0.6 is 11.6 Å². The summed E-state index contributed by atoms with van der Waals surface area (Å²) >= 11 is 6.14. The van der Waals surface area contributed by atoms with Crippen molar-refractivity contribution in [2.24, 2.45) is 5.73 Å². The van der Waals surface area contributed by atoms with Crippen molar-refractivity contribution in [3.63, 3.8) is 0 Å². The van der Waals surface area contributed by atoms with Gasteiger partial charge in [-0.25, -0.2) is 4.98 Å². The fourth-order valence-corrected chi connectivity index (χ4v) is 2.58. The molecule has 0 radical (unpaired) electrons. The lowest BCUT2D eigenvalue weighted by atomic mass is 9.96. The molecule has 3 N–H and O–H groups in total. The van der Waals surface area contributed by atoms with Crippen LogP contribution in [0.15, 0.2) is 36.5 Å². The van der Waals surface area contributed by atoms with Crippen LogP contribution < -0.4 is 5.73 Å². The maximum absolute atomic E-state index is 10.8. The van der Waals surface area contributed by atoms with Gasteiger partial charge in [-0.05, 0) is 48.1 Å². The van der Waals surface area contributed by atoms with Gasteiger partial charge in [0.25, 0.3) is 0 Å². The molecule has 0 aliphatic heterocycles. The van der Waals surface area contributed by atoms with Crippen LogP contribution in [0.2, 0.25) is 5.15 Å². The van der Waals surface area contributed by atoms with Crippen molar-refractivity contribution >= 4 is 23.7 Å². The molecule has 0 fully saturated rings. The summed E-state index contributed by atoms with van der Waals surface area (Å²) in [6.45, 7) is 0. The number of nitrogens with two attached hydrogens (primary N) is 1. The highest BCUT2D eigenvalue weighted by molar-refractivity contribution is 6.32. The average Bonchev–Trinajstić information content (AvgIpc) is 2.51. The Hall–Kier alpha value is -2.20. The minimum absolute atomic E-state index is 0.275. The number of carbonyl (C=O) groups is 1. The Morgan fingerprint density at radius 2 is 2.14 bits per heavy atom. The number of amides is 1. The first-order valence-electron chi connectivity index (χ1n) is 7.14. The van der Waals surface area contributed by atoms with Crippen LogP contribution in [0.1, 0.15) is 30.4 Å². The number of nitrogens with zero attached hydrogens (tertiary/aromatic N) is 1. The predicted molar refractivity (Wildman–Crippen MR) is 89.3 cm³/mol. The first-order valence-corrected chi connectivity index (χ1v) is 7.52. The molecule has 0 aliphatic rings. The zero-order valence-electron chi connectivity index (χ0n) is 12.2. The van der Waals surface area contributed by atoms with Crippen molar-refractivity contribution in [1.82, 2.24) is 4.98 Å². The zero-order valence-corrected chi connectivity index (χ0v) is 12.9. The molecule has 0 saturated carbocycles. The largest absolute Gasteiger partial charge is 0.370 e. The Bertz CT molecular complexity index is 685. The lowest BCUT2D eigenvalue weighted by molar-refractivity contribution is -0.118. The van der Waals surface area contributed by atoms with E-state index in [1.165, 1.54) is 6.21 Å². The summed E-state index contributed by atoms with van der Waals surface area (Å²) in [5.41, 5.74) is 8.95. The molecular weight excluding hydrogens is 298 g/mol. The lowest BCUT2D eigenvalue weighted by Gasteiger charge is -2.10. The number of carbonyl (C=O) groups excluding carboxylic acids is 1. The highest BCUT2D eigenvalue weighted by Gasteiger charge is 2.08. The number of unbranched alkanes of at least 4 members (excludes halogenated alkanes) is 1. The lowest BCUT2D eigenvalue weighted by Crippen LogP contribution is -2.09. The molecule has 0 spiro atoms. The summed E-state index contributed by atoms with van der Waals surface area (Å²) < 4.78 is 0. The second-order valence-electron chi connectivity index (χ2n) is 5.07. The van der Waals surface area contributed by atoms with Gasteiger partial charge in [0.1, 0.15) is 5.15 Å². The van der Waals surface area contributed by atoms with E-state index in [1.807, 2.05) is 30.3 Å². The SMILES string of the molecule is N=Cc1ccc(-c2cccnc2Cl)cc1CCCCC(N)=O. The van der Waals surface area contributed by atoms with Gasteiger partial charge in [-0.2, -0.15) is 0 Å². The van der Waals surface area contributed by atoms with E-state index in [2.05, 4.69) is 4.98 Å². The number of hydrogen-bond acceptors (Lipinski definition) is 3. The van der Waals surface area contributed by atoms with E-state index < -0.39 is 0 Å². The number of aromatic nitrogens is 1. The predicted octanol–water partition coefficient (Wildman–Crippen LogP) is 3.60. The Kier molecular flexibility index (Phi) is 5.67. The molecular formula is C17H18ClN3O. The maximum Gasteiger partial charge on any atom is 0.217 e. The number of pyridine rings is 1. The number of rotatable bonds is 7. The number of halogens is 1. The van der Waals surface area contributed by atoms with Crippen LogP contribution in [0.4, 0.5) is 0 Å². The summed E-state index contributed by atoms with van der Waals surface area (Å²) in [6, 6.07) is 9.66. The number of hydrogen-bond donors (Lipinski definition) is 2. The molecule has 4 nitrogen and oxygen atoms in total. The van der Waals surface area contributed by atoms with Gasteiger partial charge < -0.3 is 11.1 Å². The van der Waals surface area contributed by atoms with Crippen LogP contribution in [-0.4, -0.2) is 17.1 Å². The summed E-state index contributed by atoms with van der Waals surface area (Å²) in [5, 5.41) is 7.98. The van der Waals surface area contributed by atoms with E-state index in [4.69, 9.17) is 22.7 Å². The second-order valence-corrected chi connectivity index (χ2v) is 5.43. The van der Waals surface area contributed by atoms with Gasteiger partial charge in [-0.3, -0.25) is 4.79 Å². The summed E-state index contributed by atoms with van der Waals surface area (Å²) in [4.78, 5) is 14.9. The summed E-state index contributed by atoms with van der Waals surface area (Å²) in [6.07, 6.45) is 5.80. The summed E-state index contributed by atoms with van der Waals surface area (Å²) in [5.74, 6) is -0.275. The molecule has 1 aromatic heterocycles. The van der Waals surface area contributed by atoms with E-state index in [9.17, 15) is 4.79 Å². The van der Waals surface area contributed by atoms with Crippen molar-refractivity contribution in [3.05, 3.63) is 52.8 Å². The number of primary amides is 1. The normalized spacial score (nSPS) is 10.4. The topological polar surface area (TPSA) is 79.8 Å². The highest BCUT2D eigenvalue weighted by atomic mass is 35.5. The Balaban J connectivity index is 2.21. The molecule has 1 aromatic carbocycles. The molecule has 5 heteroatoms. The van der Waals surface area contributed by atoms with Gasteiger partial charge in [0.05, 0.1) is 0 Å². The Morgan fingerprint density at radius 1 is 1.32 bits per heavy atom. The second kappa shape index (κ2) is 7.71. The van der Waals surface area contributed by atoms with Gasteiger partial charge in [0, 0.05) is 24.4 Å². The molecule has 0 saturated heterocycles. The van der Waals surface area contributed by atoms with Gasteiger partial charge in [0.15, 0.2) is 0 Å². The molecule has 2 aromatic rings. The Morgan fingerprint density at radius 3 is 2.82 bits per heavy atom. The fraction of sp³-hybridized carbons (Fsp3) is 0.235. The third-order valence-corrected chi connectivity index (χ3v) is 3.79. The monoisotopic (exact) mass is 315 g/mol. The molecule has 2 rings (SSSR count). The third-order valence-electron chi connectivity index (χ3n) is 3.49. The van der Waals surface area contributed by atoms with E-state index in [1.54, 1.807) is 6.20 Å². The summed E-state index contributed by atoms with van der Waals surface area (Å²) in [7, 11) is 0. The van der Waals surface area contributed by atoms with Crippen LogP contribution in [0.25, 0.3) is 11.1 Å². The van der Waals surface area contributed by atoms with E-state index in [0.29, 0.717) is 11.6 Å². The maximum atomic E-state index is 10.8. The van der Waals surface area contributed by atoms with Gasteiger partial charge >= 0.3 is 0 Å². The van der Waals surface area contributed by atoms with E-state index in [0.717, 1.165) is 41.5 Å². The van der Waals surface area contributed by atoms with Crippen LogP contribution in [-0.2, 0) is 11.2 Å². The fourth-order valence-electron chi connectivity index (χ4n) is 2.35. The van der Waals surface area contributed by atoms with Crippen LogP contribution in [0.3, 0.4) is 0 Å². The van der Waals surface area contributed by atoms with E-state index >= 15 is 0 Å². The minimum atomic E-state index is -0.275. The smallest absolute Gasteiger partial charge is 0.217 e. The first-order chi connectivity index (χ1) is 10.6. The quantitative estimate of drug-likeness (QED) is 0.465. The first kappa shape index (κ1) is 16.2. The van der Waals surface area contributed by atoms with Crippen molar-refractivity contribution in [2.45, 2.75) is 25.7 Å². The molecule has 114 valence electrons. The van der Waals surface area contributed by atoms with Crippen LogP contribution in [0.5, 0.6) is 0 Å². The molecule has 0 unspecified atom stereocenters. The average molecular weight is 316 g/mol. The van der Waals surface area contributed by atoms with Crippen molar-refractivity contribution in [2.75, 3.05) is 0 Å². The van der Waals surface area contributed by atoms with Gasteiger partial charge in [-0.15, -0.1) is 0 Å².